The van der Waals surface area contributed by atoms with Crippen molar-refractivity contribution < 1.29 is 13.2 Å². The van der Waals surface area contributed by atoms with Crippen LogP contribution in [0.15, 0.2) is 48.5 Å². The monoisotopic (exact) mass is 354 g/mol. The standard InChI is InChI=1S/C23H21F3/c1-2-3-18-7-11-21(22(24)16-18)10-6-17-4-8-19(9-5-17)20-12-14-23(25,26)15-13-20/h2-5,7-9,11,16,20H,12-15H2,1H3/b3-2+. The molecule has 0 spiro atoms. The van der Waals surface area contributed by atoms with Crippen molar-refractivity contribution in [2.24, 2.45) is 0 Å². The molecule has 3 heteroatoms. The van der Waals surface area contributed by atoms with E-state index in [1.165, 1.54) is 6.07 Å². The molecule has 1 aliphatic carbocycles. The lowest BCUT2D eigenvalue weighted by atomic mass is 9.82. The van der Waals surface area contributed by atoms with E-state index in [-0.39, 0.29) is 24.6 Å². The molecule has 0 saturated heterocycles. The molecule has 1 saturated carbocycles. The van der Waals surface area contributed by atoms with Crippen molar-refractivity contribution in [3.05, 3.63) is 76.6 Å². The first kappa shape index (κ1) is 18.3. The second-order valence-corrected chi connectivity index (χ2v) is 6.74. The van der Waals surface area contributed by atoms with E-state index in [9.17, 15) is 13.2 Å². The molecule has 1 aliphatic rings. The second kappa shape index (κ2) is 7.83. The van der Waals surface area contributed by atoms with Gasteiger partial charge in [0.2, 0.25) is 5.92 Å². The lowest BCUT2D eigenvalue weighted by molar-refractivity contribution is -0.0382. The zero-order valence-electron chi connectivity index (χ0n) is 14.7. The highest BCUT2D eigenvalue weighted by atomic mass is 19.3. The lowest BCUT2D eigenvalue weighted by Gasteiger charge is -2.28. The predicted molar refractivity (Wildman–Crippen MR) is 99.7 cm³/mol. The van der Waals surface area contributed by atoms with E-state index in [0.29, 0.717) is 18.4 Å². The topological polar surface area (TPSA) is 0 Å². The molecule has 0 nitrogen and oxygen atoms in total. The van der Waals surface area contributed by atoms with Crippen molar-refractivity contribution >= 4 is 6.08 Å². The summed E-state index contributed by atoms with van der Waals surface area (Å²) in [5.74, 6) is 3.17. The zero-order chi connectivity index (χ0) is 18.6. The summed E-state index contributed by atoms with van der Waals surface area (Å²) >= 11 is 0. The summed E-state index contributed by atoms with van der Waals surface area (Å²) in [7, 11) is 0. The Morgan fingerprint density at radius 1 is 1.00 bits per heavy atom. The molecule has 0 unspecified atom stereocenters. The van der Waals surface area contributed by atoms with Gasteiger partial charge in [-0.1, -0.05) is 42.2 Å². The maximum atomic E-state index is 14.0. The Bertz CT molecular complexity index is 841. The Labute approximate surface area is 152 Å². The molecular weight excluding hydrogens is 333 g/mol. The first-order chi connectivity index (χ1) is 12.5. The minimum Gasteiger partial charge on any atom is -0.207 e. The highest BCUT2D eigenvalue weighted by Gasteiger charge is 2.35. The van der Waals surface area contributed by atoms with Gasteiger partial charge in [0.15, 0.2) is 0 Å². The van der Waals surface area contributed by atoms with Gasteiger partial charge in [-0.25, -0.2) is 13.2 Å². The number of halogens is 3. The van der Waals surface area contributed by atoms with Gasteiger partial charge in [-0.3, -0.25) is 0 Å². The van der Waals surface area contributed by atoms with Gasteiger partial charge < -0.3 is 0 Å². The van der Waals surface area contributed by atoms with Gasteiger partial charge in [-0.15, -0.1) is 0 Å². The maximum Gasteiger partial charge on any atom is 0.248 e. The Kier molecular flexibility index (Phi) is 5.52. The average molecular weight is 354 g/mol. The van der Waals surface area contributed by atoms with Crippen LogP contribution in [0.5, 0.6) is 0 Å². The first-order valence-corrected chi connectivity index (χ1v) is 8.89. The summed E-state index contributed by atoms with van der Waals surface area (Å²) in [5, 5.41) is 0. The van der Waals surface area contributed by atoms with Gasteiger partial charge in [0, 0.05) is 18.4 Å². The SMILES string of the molecule is C/C=C/c1ccc(C#Cc2ccc(C3CCC(F)(F)CC3)cc2)c(F)c1. The van der Waals surface area contributed by atoms with Gasteiger partial charge in [0.05, 0.1) is 5.56 Å². The highest BCUT2D eigenvalue weighted by Crippen LogP contribution is 2.40. The van der Waals surface area contributed by atoms with E-state index >= 15 is 0 Å². The summed E-state index contributed by atoms with van der Waals surface area (Å²) in [4.78, 5) is 0. The number of benzene rings is 2. The van der Waals surface area contributed by atoms with Crippen molar-refractivity contribution in [3.8, 4) is 11.8 Å². The van der Waals surface area contributed by atoms with Crippen LogP contribution in [0.3, 0.4) is 0 Å². The fraction of sp³-hybridized carbons (Fsp3) is 0.304. The summed E-state index contributed by atoms with van der Waals surface area (Å²) in [5.41, 5.74) is 3.02. The molecule has 0 N–H and O–H groups in total. The van der Waals surface area contributed by atoms with Crippen LogP contribution in [-0.4, -0.2) is 5.92 Å². The van der Waals surface area contributed by atoms with Gasteiger partial charge in [0.25, 0.3) is 0 Å². The number of rotatable bonds is 2. The third-order valence-corrected chi connectivity index (χ3v) is 4.79. The molecule has 26 heavy (non-hydrogen) atoms. The van der Waals surface area contributed by atoms with Crippen LogP contribution in [0.4, 0.5) is 13.2 Å². The van der Waals surface area contributed by atoms with Crippen LogP contribution in [0.25, 0.3) is 6.08 Å². The Balaban J connectivity index is 1.70. The normalized spacial score (nSPS) is 17.1. The molecular formula is C23H21F3. The van der Waals surface area contributed by atoms with Crippen LogP contribution in [-0.2, 0) is 0 Å². The third kappa shape index (κ3) is 4.58. The molecule has 1 fully saturated rings. The smallest absolute Gasteiger partial charge is 0.207 e. The number of hydrogen-bond donors (Lipinski definition) is 0. The van der Waals surface area contributed by atoms with Gasteiger partial charge in [-0.2, -0.15) is 0 Å². The van der Waals surface area contributed by atoms with Crippen LogP contribution in [0, 0.1) is 17.7 Å². The predicted octanol–water partition coefficient (Wildman–Crippen LogP) is 6.55. The zero-order valence-corrected chi connectivity index (χ0v) is 14.7. The molecule has 134 valence electrons. The molecule has 2 aromatic carbocycles. The first-order valence-electron chi connectivity index (χ1n) is 8.89. The average Bonchev–Trinajstić information content (AvgIpc) is 2.62. The quantitative estimate of drug-likeness (QED) is 0.536. The number of allylic oxidation sites excluding steroid dienone is 1. The summed E-state index contributed by atoms with van der Waals surface area (Å²) in [6.45, 7) is 1.88. The lowest BCUT2D eigenvalue weighted by Crippen LogP contribution is -2.23. The van der Waals surface area contributed by atoms with Crippen LogP contribution < -0.4 is 0 Å². The molecule has 0 bridgehead atoms. The maximum absolute atomic E-state index is 14.0. The van der Waals surface area contributed by atoms with E-state index < -0.39 is 5.92 Å². The fourth-order valence-electron chi connectivity index (χ4n) is 3.28. The summed E-state index contributed by atoms with van der Waals surface area (Å²) < 4.78 is 40.6. The highest BCUT2D eigenvalue weighted by molar-refractivity contribution is 5.52. The van der Waals surface area contributed by atoms with Crippen molar-refractivity contribution in [2.75, 3.05) is 0 Å². The minimum atomic E-state index is -2.51. The molecule has 0 aromatic heterocycles. The Morgan fingerprint density at radius 3 is 2.31 bits per heavy atom. The van der Waals surface area contributed by atoms with Crippen LogP contribution in [0.2, 0.25) is 0 Å². The molecule has 2 aromatic rings. The van der Waals surface area contributed by atoms with Crippen LogP contribution in [0.1, 0.15) is 60.8 Å². The van der Waals surface area contributed by atoms with Gasteiger partial charge in [0.1, 0.15) is 5.82 Å². The minimum absolute atomic E-state index is 0.0400. The van der Waals surface area contributed by atoms with Crippen molar-refractivity contribution in [3.63, 3.8) is 0 Å². The number of hydrogen-bond acceptors (Lipinski definition) is 0. The number of alkyl halides is 2. The second-order valence-electron chi connectivity index (χ2n) is 6.74. The summed E-state index contributed by atoms with van der Waals surface area (Å²) in [6, 6.07) is 12.6. The molecule has 0 atom stereocenters. The van der Waals surface area contributed by atoms with E-state index in [1.54, 1.807) is 6.07 Å². The van der Waals surface area contributed by atoms with Crippen LogP contribution >= 0.6 is 0 Å². The van der Waals surface area contributed by atoms with E-state index in [4.69, 9.17) is 0 Å². The van der Waals surface area contributed by atoms with Crippen molar-refractivity contribution in [1.29, 1.82) is 0 Å². The Hall–Kier alpha value is -2.47. The Morgan fingerprint density at radius 2 is 1.69 bits per heavy atom. The summed E-state index contributed by atoms with van der Waals surface area (Å²) in [6.07, 6.45) is 4.64. The molecule has 0 heterocycles. The third-order valence-electron chi connectivity index (χ3n) is 4.79. The largest absolute Gasteiger partial charge is 0.248 e. The van der Waals surface area contributed by atoms with Gasteiger partial charge >= 0.3 is 0 Å². The molecule has 0 amide bonds. The van der Waals surface area contributed by atoms with Gasteiger partial charge in [-0.05, 0) is 61.1 Å². The van der Waals surface area contributed by atoms with Crippen molar-refractivity contribution in [2.45, 2.75) is 44.4 Å². The molecule has 3 rings (SSSR count). The molecule has 0 aliphatic heterocycles. The fourth-order valence-corrected chi connectivity index (χ4v) is 3.28. The van der Waals surface area contributed by atoms with E-state index in [2.05, 4.69) is 11.8 Å². The van der Waals surface area contributed by atoms with Crippen molar-refractivity contribution in [1.82, 2.24) is 0 Å². The van der Waals surface area contributed by atoms with E-state index in [0.717, 1.165) is 16.7 Å². The molecule has 0 radical (unpaired) electrons. The van der Waals surface area contributed by atoms with E-state index in [1.807, 2.05) is 49.4 Å².